The van der Waals surface area contributed by atoms with E-state index in [2.05, 4.69) is 45.0 Å². The van der Waals surface area contributed by atoms with Crippen molar-refractivity contribution in [2.24, 2.45) is 0 Å². The summed E-state index contributed by atoms with van der Waals surface area (Å²) in [6, 6.07) is 5.97. The summed E-state index contributed by atoms with van der Waals surface area (Å²) in [5.74, 6) is 1.88. The highest BCUT2D eigenvalue weighted by Crippen LogP contribution is 2.35. The van der Waals surface area contributed by atoms with E-state index >= 15 is 0 Å². The topological polar surface area (TPSA) is 81.7 Å². The van der Waals surface area contributed by atoms with Crippen molar-refractivity contribution in [1.82, 2.24) is 19.9 Å². The molecule has 1 aliphatic carbocycles. The summed E-state index contributed by atoms with van der Waals surface area (Å²) in [7, 11) is 1.64. The number of methoxy groups -OCH3 is 1. The zero-order valence-corrected chi connectivity index (χ0v) is 19.2. The van der Waals surface area contributed by atoms with Crippen molar-refractivity contribution in [3.63, 3.8) is 0 Å². The molecule has 2 aliphatic rings. The Hall–Kier alpha value is -3.10. The van der Waals surface area contributed by atoms with Gasteiger partial charge in [-0.05, 0) is 43.2 Å². The molecule has 0 radical (unpaired) electrons. The Morgan fingerprint density at radius 1 is 1.15 bits per heavy atom. The van der Waals surface area contributed by atoms with Gasteiger partial charge in [0, 0.05) is 43.5 Å². The first-order chi connectivity index (χ1) is 16.2. The second-order valence-electron chi connectivity index (χ2n) is 8.47. The normalized spacial score (nSPS) is 18.3. The van der Waals surface area contributed by atoms with Crippen molar-refractivity contribution < 1.29 is 18.9 Å². The van der Waals surface area contributed by atoms with Crippen LogP contribution >= 0.6 is 0 Å². The average Bonchev–Trinajstić information content (AvgIpc) is 3.21. The third kappa shape index (κ3) is 4.96. The van der Waals surface area contributed by atoms with Gasteiger partial charge >= 0.3 is 0 Å². The van der Waals surface area contributed by atoms with Crippen LogP contribution in [0.2, 0.25) is 0 Å². The van der Waals surface area contributed by atoms with Crippen LogP contribution in [-0.2, 0) is 11.2 Å². The Morgan fingerprint density at radius 3 is 2.88 bits per heavy atom. The predicted molar refractivity (Wildman–Crippen MR) is 126 cm³/mol. The van der Waals surface area contributed by atoms with Crippen molar-refractivity contribution in [1.29, 1.82) is 0 Å². The molecule has 0 saturated carbocycles. The van der Waals surface area contributed by atoms with Crippen LogP contribution in [0, 0.1) is 6.92 Å². The Bertz CT molecular complexity index is 1140. The zero-order valence-electron chi connectivity index (χ0n) is 19.2. The second-order valence-corrected chi connectivity index (χ2v) is 8.47. The highest BCUT2D eigenvalue weighted by molar-refractivity contribution is 5.86. The van der Waals surface area contributed by atoms with Gasteiger partial charge in [-0.25, -0.2) is 9.97 Å². The molecule has 0 bridgehead atoms. The van der Waals surface area contributed by atoms with Crippen LogP contribution in [0.15, 0.2) is 30.6 Å². The van der Waals surface area contributed by atoms with E-state index in [0.29, 0.717) is 24.0 Å². The van der Waals surface area contributed by atoms with Crippen LogP contribution in [-0.4, -0.2) is 72.5 Å². The molecule has 1 unspecified atom stereocenters. The molecule has 1 aliphatic heterocycles. The summed E-state index contributed by atoms with van der Waals surface area (Å²) in [4.78, 5) is 14.6. The molecule has 1 N–H and O–H groups in total. The maximum Gasteiger partial charge on any atom is 0.225 e. The van der Waals surface area contributed by atoms with Gasteiger partial charge in [-0.3, -0.25) is 4.90 Å². The van der Waals surface area contributed by atoms with Crippen LogP contribution in [0.3, 0.4) is 0 Å². The molecule has 3 aromatic rings. The van der Waals surface area contributed by atoms with Crippen molar-refractivity contribution in [2.75, 3.05) is 46.6 Å². The van der Waals surface area contributed by atoms with Crippen molar-refractivity contribution in [3.05, 3.63) is 47.6 Å². The molecule has 1 saturated heterocycles. The van der Waals surface area contributed by atoms with Gasteiger partial charge in [0.1, 0.15) is 12.4 Å². The van der Waals surface area contributed by atoms with Gasteiger partial charge in [-0.1, -0.05) is 0 Å². The second kappa shape index (κ2) is 9.80. The number of morpholine rings is 1. The number of fused-ring (bicyclic) bond motifs is 2. The van der Waals surface area contributed by atoms with Gasteiger partial charge in [0.25, 0.3) is 0 Å². The Kier molecular flexibility index (Phi) is 6.46. The minimum atomic E-state index is -0.0899. The number of benzene rings is 1. The van der Waals surface area contributed by atoms with Gasteiger partial charge in [0.2, 0.25) is 5.88 Å². The number of H-pyrrole nitrogens is 1. The van der Waals surface area contributed by atoms with Crippen LogP contribution in [0.4, 0.5) is 0 Å². The molecular weight excluding hydrogens is 420 g/mol. The van der Waals surface area contributed by atoms with Crippen molar-refractivity contribution in [2.45, 2.75) is 25.9 Å². The van der Waals surface area contributed by atoms with E-state index < -0.39 is 0 Å². The summed E-state index contributed by atoms with van der Waals surface area (Å²) >= 11 is 0. The Morgan fingerprint density at radius 2 is 2.03 bits per heavy atom. The lowest BCUT2D eigenvalue weighted by atomic mass is 10.0. The van der Waals surface area contributed by atoms with E-state index in [4.69, 9.17) is 18.9 Å². The van der Waals surface area contributed by atoms with E-state index in [-0.39, 0.29) is 6.10 Å². The molecular formula is C25H30N4O4. The molecule has 0 amide bonds. The minimum absolute atomic E-state index is 0.0899. The largest absolute Gasteiger partial charge is 0.493 e. The molecule has 1 atom stereocenters. The summed E-state index contributed by atoms with van der Waals surface area (Å²) < 4.78 is 23.4. The van der Waals surface area contributed by atoms with Crippen LogP contribution in [0.25, 0.3) is 17.0 Å². The average molecular weight is 451 g/mol. The van der Waals surface area contributed by atoms with Crippen LogP contribution in [0.5, 0.6) is 17.4 Å². The number of ether oxygens (including phenoxy) is 4. The Balaban J connectivity index is 1.28. The molecule has 174 valence electrons. The van der Waals surface area contributed by atoms with E-state index in [1.165, 1.54) is 11.9 Å². The number of hydrogen-bond acceptors (Lipinski definition) is 7. The first-order valence-corrected chi connectivity index (χ1v) is 11.5. The van der Waals surface area contributed by atoms with Gasteiger partial charge in [0.15, 0.2) is 11.5 Å². The lowest BCUT2D eigenvalue weighted by Gasteiger charge is -2.26. The smallest absolute Gasteiger partial charge is 0.225 e. The number of nitrogens with zero attached hydrogens (tertiary/aromatic N) is 3. The fourth-order valence-electron chi connectivity index (χ4n) is 4.40. The first kappa shape index (κ1) is 21.7. The fraction of sp³-hybridized carbons (Fsp3) is 0.440. The highest BCUT2D eigenvalue weighted by atomic mass is 16.5. The number of aryl methyl sites for hydroxylation is 1. The van der Waals surface area contributed by atoms with Crippen molar-refractivity contribution in [3.8, 4) is 17.4 Å². The standard InChI is InChI=1S/C25H30N4O4/c1-17-12-18-13-19(4-5-21(18)28-17)33-25-20-14-23(30-2)24(15-22(20)26-16-27-25)32-9-3-6-29-7-10-31-11-8-29/h4-5,12,14-16,19,28H,3,6-11,13H2,1-2H3. The van der Waals surface area contributed by atoms with Gasteiger partial charge in [-0.15, -0.1) is 0 Å². The lowest BCUT2D eigenvalue weighted by Crippen LogP contribution is -2.37. The molecule has 5 rings (SSSR count). The third-order valence-corrected chi connectivity index (χ3v) is 6.09. The summed E-state index contributed by atoms with van der Waals surface area (Å²) in [5.41, 5.74) is 4.32. The van der Waals surface area contributed by atoms with E-state index in [1.807, 2.05) is 12.1 Å². The lowest BCUT2D eigenvalue weighted by molar-refractivity contribution is 0.0357. The molecule has 1 aromatic carbocycles. The zero-order chi connectivity index (χ0) is 22.6. The summed E-state index contributed by atoms with van der Waals surface area (Å²) in [6.07, 6.45) is 7.31. The predicted octanol–water partition coefficient (Wildman–Crippen LogP) is 3.39. The SMILES string of the molecule is COc1cc2c(OC3C=Cc4[nH]c(C)cc4C3)ncnc2cc1OCCCN1CCOCC1. The molecule has 0 spiro atoms. The van der Waals surface area contributed by atoms with Gasteiger partial charge in [-0.2, -0.15) is 0 Å². The van der Waals surface area contributed by atoms with Crippen LogP contribution in [0.1, 0.15) is 23.4 Å². The molecule has 1 fully saturated rings. The summed E-state index contributed by atoms with van der Waals surface area (Å²) in [6.45, 7) is 7.27. The minimum Gasteiger partial charge on any atom is -0.493 e. The highest BCUT2D eigenvalue weighted by Gasteiger charge is 2.20. The van der Waals surface area contributed by atoms with E-state index in [1.54, 1.807) is 7.11 Å². The molecule has 8 nitrogen and oxygen atoms in total. The van der Waals surface area contributed by atoms with E-state index in [9.17, 15) is 0 Å². The number of aromatic nitrogens is 3. The number of aromatic amines is 1. The number of hydrogen-bond donors (Lipinski definition) is 1. The number of rotatable bonds is 8. The number of nitrogens with one attached hydrogen (secondary N) is 1. The maximum atomic E-state index is 6.28. The molecule has 33 heavy (non-hydrogen) atoms. The molecule has 8 heteroatoms. The monoisotopic (exact) mass is 450 g/mol. The Labute approximate surface area is 193 Å². The van der Waals surface area contributed by atoms with Gasteiger partial charge in [0.05, 0.1) is 37.8 Å². The quantitative estimate of drug-likeness (QED) is 0.527. The third-order valence-electron chi connectivity index (χ3n) is 6.09. The van der Waals surface area contributed by atoms with Crippen molar-refractivity contribution >= 4 is 17.0 Å². The molecule has 3 heterocycles. The van der Waals surface area contributed by atoms with Gasteiger partial charge < -0.3 is 23.9 Å². The maximum absolute atomic E-state index is 6.28. The summed E-state index contributed by atoms with van der Waals surface area (Å²) in [5, 5.41) is 0.805. The molecule has 2 aromatic heterocycles. The van der Waals surface area contributed by atoms with E-state index in [0.717, 1.165) is 68.0 Å². The van der Waals surface area contributed by atoms with Crippen LogP contribution < -0.4 is 14.2 Å². The fourth-order valence-corrected chi connectivity index (χ4v) is 4.40. The first-order valence-electron chi connectivity index (χ1n) is 11.5.